The second kappa shape index (κ2) is 6.66. The Balaban J connectivity index is 1.86. The van der Waals surface area contributed by atoms with Crippen molar-refractivity contribution in [3.05, 3.63) is 43.2 Å². The molecule has 2 nitrogen and oxygen atoms in total. The van der Waals surface area contributed by atoms with E-state index >= 15 is 0 Å². The zero-order valence-electron chi connectivity index (χ0n) is 9.36. The lowest BCUT2D eigenvalue weighted by molar-refractivity contribution is 0.499. The largest absolute Gasteiger partial charge is 0.271 e. The molecule has 0 saturated carbocycles. The van der Waals surface area contributed by atoms with E-state index < -0.39 is 0 Å². The molecule has 2 aromatic rings. The number of aryl methyl sites for hydroxylation is 1. The fraction of sp³-hybridized carbons (Fsp3) is 0.333. The van der Waals surface area contributed by atoms with Crippen LogP contribution in [0.3, 0.4) is 0 Å². The standard InChI is InChI=1S/C12H15BrN2S2/c13-11-8-16-7-10(11)12(15-14)5-1-3-9-4-2-6-17-9/h2,4,6-8,12,15H,1,3,5,14H2. The van der Waals surface area contributed by atoms with Gasteiger partial charge in [-0.3, -0.25) is 11.3 Å². The molecule has 0 aliphatic carbocycles. The molecule has 0 amide bonds. The van der Waals surface area contributed by atoms with Crippen LogP contribution < -0.4 is 11.3 Å². The SMILES string of the molecule is NNC(CCCc1cccs1)c1cscc1Br. The molecule has 1 unspecified atom stereocenters. The number of rotatable bonds is 6. The van der Waals surface area contributed by atoms with Gasteiger partial charge in [0.1, 0.15) is 0 Å². The third-order valence-corrected chi connectivity index (χ3v) is 5.40. The lowest BCUT2D eigenvalue weighted by Gasteiger charge is -2.15. The van der Waals surface area contributed by atoms with Crippen molar-refractivity contribution < 1.29 is 0 Å². The summed E-state index contributed by atoms with van der Waals surface area (Å²) in [6.07, 6.45) is 3.35. The van der Waals surface area contributed by atoms with Gasteiger partial charge in [0, 0.05) is 20.8 Å². The van der Waals surface area contributed by atoms with Crippen molar-refractivity contribution in [3.8, 4) is 0 Å². The third-order valence-electron chi connectivity index (χ3n) is 2.71. The molecule has 0 fully saturated rings. The van der Waals surface area contributed by atoms with E-state index in [9.17, 15) is 0 Å². The van der Waals surface area contributed by atoms with E-state index in [1.165, 1.54) is 10.4 Å². The van der Waals surface area contributed by atoms with Crippen LogP contribution in [0.15, 0.2) is 32.7 Å². The second-order valence-electron chi connectivity index (χ2n) is 3.87. The Morgan fingerprint density at radius 1 is 1.41 bits per heavy atom. The lowest BCUT2D eigenvalue weighted by Crippen LogP contribution is -2.28. The Kier molecular flexibility index (Phi) is 5.18. The third kappa shape index (κ3) is 3.63. The van der Waals surface area contributed by atoms with Gasteiger partial charge < -0.3 is 0 Å². The highest BCUT2D eigenvalue weighted by molar-refractivity contribution is 9.10. The fourth-order valence-corrected chi connectivity index (χ4v) is 4.18. The van der Waals surface area contributed by atoms with E-state index in [0.29, 0.717) is 0 Å². The number of halogens is 1. The fourth-order valence-electron chi connectivity index (χ4n) is 1.80. The van der Waals surface area contributed by atoms with Crippen LogP contribution in [0.1, 0.15) is 29.3 Å². The maximum atomic E-state index is 5.63. The summed E-state index contributed by atoms with van der Waals surface area (Å²) >= 11 is 7.08. The summed E-state index contributed by atoms with van der Waals surface area (Å²) in [5.74, 6) is 5.63. The number of nitrogens with two attached hydrogens (primary N) is 1. The first-order valence-corrected chi connectivity index (χ1v) is 8.13. The predicted molar refractivity (Wildman–Crippen MR) is 79.3 cm³/mol. The van der Waals surface area contributed by atoms with E-state index in [0.717, 1.165) is 23.7 Å². The Morgan fingerprint density at radius 3 is 2.88 bits per heavy atom. The van der Waals surface area contributed by atoms with Crippen molar-refractivity contribution in [3.63, 3.8) is 0 Å². The quantitative estimate of drug-likeness (QED) is 0.618. The van der Waals surface area contributed by atoms with Crippen LogP contribution in [0, 0.1) is 0 Å². The summed E-state index contributed by atoms with van der Waals surface area (Å²) in [5, 5.41) is 6.38. The Morgan fingerprint density at radius 2 is 2.29 bits per heavy atom. The Bertz CT molecular complexity index is 439. The minimum absolute atomic E-state index is 0.246. The van der Waals surface area contributed by atoms with Gasteiger partial charge in [-0.05, 0) is 57.6 Å². The van der Waals surface area contributed by atoms with Gasteiger partial charge in [0.2, 0.25) is 0 Å². The summed E-state index contributed by atoms with van der Waals surface area (Å²) in [7, 11) is 0. The predicted octanol–water partition coefficient (Wildman–Crippen LogP) is 4.10. The van der Waals surface area contributed by atoms with Crippen LogP contribution in [-0.2, 0) is 6.42 Å². The molecule has 0 saturated heterocycles. The number of nitrogens with one attached hydrogen (secondary N) is 1. The van der Waals surface area contributed by atoms with Crippen LogP contribution in [-0.4, -0.2) is 0 Å². The van der Waals surface area contributed by atoms with Crippen molar-refractivity contribution >= 4 is 38.6 Å². The highest BCUT2D eigenvalue weighted by Crippen LogP contribution is 2.30. The molecule has 2 heterocycles. The van der Waals surface area contributed by atoms with Crippen LogP contribution >= 0.6 is 38.6 Å². The molecule has 0 bridgehead atoms. The number of thiophene rings is 2. The van der Waals surface area contributed by atoms with Crippen molar-refractivity contribution in [1.82, 2.24) is 5.43 Å². The lowest BCUT2D eigenvalue weighted by atomic mass is 10.0. The van der Waals surface area contributed by atoms with Crippen molar-refractivity contribution in [2.45, 2.75) is 25.3 Å². The van der Waals surface area contributed by atoms with Crippen LogP contribution in [0.4, 0.5) is 0 Å². The van der Waals surface area contributed by atoms with Crippen molar-refractivity contribution in [2.24, 2.45) is 5.84 Å². The van der Waals surface area contributed by atoms with E-state index in [-0.39, 0.29) is 6.04 Å². The van der Waals surface area contributed by atoms with E-state index in [4.69, 9.17) is 5.84 Å². The molecule has 5 heteroatoms. The van der Waals surface area contributed by atoms with E-state index in [2.05, 4.69) is 49.6 Å². The molecule has 0 aromatic carbocycles. The van der Waals surface area contributed by atoms with Gasteiger partial charge >= 0.3 is 0 Å². The topological polar surface area (TPSA) is 38.0 Å². The van der Waals surface area contributed by atoms with Crippen LogP contribution in [0.25, 0.3) is 0 Å². The molecule has 2 rings (SSSR count). The normalized spacial score (nSPS) is 12.8. The molecule has 17 heavy (non-hydrogen) atoms. The van der Waals surface area contributed by atoms with Gasteiger partial charge in [0.05, 0.1) is 0 Å². The van der Waals surface area contributed by atoms with Crippen LogP contribution in [0.5, 0.6) is 0 Å². The number of hydrazine groups is 1. The highest BCUT2D eigenvalue weighted by Gasteiger charge is 2.13. The van der Waals surface area contributed by atoms with E-state index in [1.807, 2.05) is 11.3 Å². The molecule has 2 aromatic heterocycles. The highest BCUT2D eigenvalue weighted by atomic mass is 79.9. The average Bonchev–Trinajstić information content (AvgIpc) is 2.96. The molecule has 1 atom stereocenters. The summed E-state index contributed by atoms with van der Waals surface area (Å²) in [6.45, 7) is 0. The molecule has 0 radical (unpaired) electrons. The molecule has 92 valence electrons. The molecule has 0 aliphatic rings. The summed E-state index contributed by atoms with van der Waals surface area (Å²) in [6, 6.07) is 4.54. The minimum atomic E-state index is 0.246. The monoisotopic (exact) mass is 330 g/mol. The summed E-state index contributed by atoms with van der Waals surface area (Å²) in [4.78, 5) is 1.45. The van der Waals surface area contributed by atoms with Crippen molar-refractivity contribution in [2.75, 3.05) is 0 Å². The van der Waals surface area contributed by atoms with Gasteiger partial charge in [-0.2, -0.15) is 11.3 Å². The molecular formula is C12H15BrN2S2. The van der Waals surface area contributed by atoms with Crippen molar-refractivity contribution in [1.29, 1.82) is 0 Å². The van der Waals surface area contributed by atoms with Gasteiger partial charge in [-0.15, -0.1) is 11.3 Å². The second-order valence-corrected chi connectivity index (χ2v) is 6.50. The average molecular weight is 331 g/mol. The van der Waals surface area contributed by atoms with Gasteiger partial charge in [-0.1, -0.05) is 6.07 Å². The molecular weight excluding hydrogens is 316 g/mol. The number of hydrogen-bond donors (Lipinski definition) is 2. The minimum Gasteiger partial charge on any atom is -0.271 e. The van der Waals surface area contributed by atoms with Crippen LogP contribution in [0.2, 0.25) is 0 Å². The maximum Gasteiger partial charge on any atom is 0.0479 e. The summed E-state index contributed by atoms with van der Waals surface area (Å²) < 4.78 is 1.15. The van der Waals surface area contributed by atoms with E-state index in [1.54, 1.807) is 11.3 Å². The number of hydrogen-bond acceptors (Lipinski definition) is 4. The molecule has 0 aliphatic heterocycles. The first-order chi connectivity index (χ1) is 8.31. The summed E-state index contributed by atoms with van der Waals surface area (Å²) in [5.41, 5.74) is 4.17. The zero-order chi connectivity index (χ0) is 12.1. The maximum absolute atomic E-state index is 5.63. The Hall–Kier alpha value is -0.200. The Labute approximate surface area is 118 Å². The first kappa shape index (κ1) is 13.2. The van der Waals surface area contributed by atoms with Gasteiger partial charge in [0.25, 0.3) is 0 Å². The smallest absolute Gasteiger partial charge is 0.0479 e. The molecule has 3 N–H and O–H groups in total. The van der Waals surface area contributed by atoms with Gasteiger partial charge in [0.15, 0.2) is 0 Å². The molecule has 0 spiro atoms. The van der Waals surface area contributed by atoms with Gasteiger partial charge in [-0.25, -0.2) is 0 Å². The zero-order valence-corrected chi connectivity index (χ0v) is 12.6. The first-order valence-electron chi connectivity index (χ1n) is 5.51.